The first kappa shape index (κ1) is 18.2. The first-order valence-corrected chi connectivity index (χ1v) is 7.74. The van der Waals surface area contributed by atoms with Crippen LogP contribution in [-0.2, 0) is 6.18 Å². The number of phenols is 1. The van der Waals surface area contributed by atoms with E-state index in [1.807, 2.05) is 0 Å². The van der Waals surface area contributed by atoms with Gasteiger partial charge in [0.05, 0.1) is 5.56 Å². The minimum atomic E-state index is -4.64. The lowest BCUT2D eigenvalue weighted by Gasteiger charge is -2.18. The molecule has 0 atom stereocenters. The molecule has 138 valence electrons. The Morgan fingerprint density at radius 1 is 1.04 bits per heavy atom. The molecule has 0 spiro atoms. The highest BCUT2D eigenvalue weighted by Gasteiger charge is 2.33. The van der Waals surface area contributed by atoms with Gasteiger partial charge in [0.2, 0.25) is 0 Å². The van der Waals surface area contributed by atoms with Gasteiger partial charge in [0.25, 0.3) is 0 Å². The zero-order valence-corrected chi connectivity index (χ0v) is 13.8. The first-order chi connectivity index (χ1) is 12.8. The van der Waals surface area contributed by atoms with Crippen LogP contribution in [0.15, 0.2) is 66.1 Å². The summed E-state index contributed by atoms with van der Waals surface area (Å²) in [4.78, 5) is 4.00. The van der Waals surface area contributed by atoms with Gasteiger partial charge in [-0.25, -0.2) is 0 Å². The number of benzene rings is 2. The number of aromatic nitrogens is 1. The normalized spacial score (nSPS) is 12.2. The van der Waals surface area contributed by atoms with Crippen molar-refractivity contribution in [3.63, 3.8) is 0 Å². The van der Waals surface area contributed by atoms with Crippen LogP contribution in [-0.4, -0.2) is 21.1 Å². The van der Waals surface area contributed by atoms with Crippen LogP contribution in [0.5, 0.6) is 5.75 Å². The maximum atomic E-state index is 13.4. The van der Waals surface area contributed by atoms with E-state index in [-0.39, 0.29) is 16.9 Å². The average molecular weight is 373 g/mol. The summed E-state index contributed by atoms with van der Waals surface area (Å²) in [5.74, 6) is -0.481. The Balaban J connectivity index is 2.42. The van der Waals surface area contributed by atoms with E-state index in [4.69, 9.17) is 10.9 Å². The average Bonchev–Trinajstić information content (AvgIpc) is 2.67. The predicted octanol–water partition coefficient (Wildman–Crippen LogP) is 4.23. The maximum absolute atomic E-state index is 13.4. The number of aromatic hydroxyl groups is 1. The Bertz CT molecular complexity index is 986. The third kappa shape index (κ3) is 3.69. The lowest BCUT2D eigenvalue weighted by molar-refractivity contribution is -0.137. The van der Waals surface area contributed by atoms with E-state index in [0.29, 0.717) is 16.7 Å². The van der Waals surface area contributed by atoms with Gasteiger partial charge in [-0.05, 0) is 41.5 Å². The zero-order valence-electron chi connectivity index (χ0n) is 13.8. The number of nitrogens with zero attached hydrogens (tertiary/aromatic N) is 2. The Kier molecular flexibility index (Phi) is 4.72. The van der Waals surface area contributed by atoms with Crippen LogP contribution < -0.4 is 5.73 Å². The molecular formula is C19H14F3N3O2. The van der Waals surface area contributed by atoms with E-state index < -0.39 is 17.6 Å². The third-order valence-electron chi connectivity index (χ3n) is 3.98. The Hall–Kier alpha value is -3.55. The van der Waals surface area contributed by atoms with Gasteiger partial charge in [0.1, 0.15) is 5.75 Å². The molecule has 1 aromatic heterocycles. The molecule has 8 heteroatoms. The quantitative estimate of drug-likeness (QED) is 0.277. The van der Waals surface area contributed by atoms with Crippen LogP contribution in [0, 0.1) is 0 Å². The number of alkyl halides is 3. The van der Waals surface area contributed by atoms with Crippen LogP contribution in [0.2, 0.25) is 0 Å². The zero-order chi connectivity index (χ0) is 19.6. The number of halogens is 3. The van der Waals surface area contributed by atoms with Gasteiger partial charge in [-0.1, -0.05) is 23.4 Å². The molecule has 0 aliphatic rings. The van der Waals surface area contributed by atoms with E-state index >= 15 is 0 Å². The summed E-state index contributed by atoms with van der Waals surface area (Å²) in [5.41, 5.74) is 6.12. The number of hydrogen-bond acceptors (Lipinski definition) is 4. The van der Waals surface area contributed by atoms with Crippen LogP contribution in [0.1, 0.15) is 11.1 Å². The van der Waals surface area contributed by atoms with E-state index in [9.17, 15) is 18.3 Å². The van der Waals surface area contributed by atoms with Crippen LogP contribution >= 0.6 is 0 Å². The Labute approximate surface area is 152 Å². The van der Waals surface area contributed by atoms with Gasteiger partial charge in [0.15, 0.2) is 5.84 Å². The third-order valence-corrected chi connectivity index (χ3v) is 3.98. The van der Waals surface area contributed by atoms with Crippen molar-refractivity contribution in [1.29, 1.82) is 0 Å². The van der Waals surface area contributed by atoms with Gasteiger partial charge >= 0.3 is 6.18 Å². The molecule has 0 saturated carbocycles. The Morgan fingerprint density at radius 3 is 2.30 bits per heavy atom. The van der Waals surface area contributed by atoms with Crippen molar-refractivity contribution in [2.75, 3.05) is 0 Å². The van der Waals surface area contributed by atoms with Crippen LogP contribution in [0.3, 0.4) is 0 Å². The lowest BCUT2D eigenvalue weighted by Crippen LogP contribution is -2.17. The van der Waals surface area contributed by atoms with Crippen LogP contribution in [0.25, 0.3) is 22.3 Å². The number of rotatable bonds is 3. The van der Waals surface area contributed by atoms with Crippen LogP contribution in [0.4, 0.5) is 13.2 Å². The molecule has 0 fully saturated rings. The molecule has 2 aromatic carbocycles. The maximum Gasteiger partial charge on any atom is 0.416 e. The molecule has 0 bridgehead atoms. The van der Waals surface area contributed by atoms with E-state index in [2.05, 4.69) is 10.1 Å². The van der Waals surface area contributed by atoms with E-state index in [0.717, 1.165) is 12.1 Å². The summed E-state index contributed by atoms with van der Waals surface area (Å²) in [5, 5.41) is 21.5. The molecular weight excluding hydrogens is 359 g/mol. The smallest absolute Gasteiger partial charge is 0.416 e. The largest absolute Gasteiger partial charge is 0.508 e. The molecule has 5 nitrogen and oxygen atoms in total. The minimum Gasteiger partial charge on any atom is -0.508 e. The summed E-state index contributed by atoms with van der Waals surface area (Å²) in [6.07, 6.45) is -1.64. The molecule has 0 amide bonds. The van der Waals surface area contributed by atoms with E-state index in [1.54, 1.807) is 12.1 Å². The fraction of sp³-hybridized carbons (Fsp3) is 0.0526. The lowest BCUT2D eigenvalue weighted by atomic mass is 9.88. The van der Waals surface area contributed by atoms with Gasteiger partial charge in [-0.3, -0.25) is 4.98 Å². The summed E-state index contributed by atoms with van der Waals surface area (Å²) < 4.78 is 40.3. The monoisotopic (exact) mass is 373 g/mol. The number of amidine groups is 1. The molecule has 3 rings (SSSR count). The highest BCUT2D eigenvalue weighted by atomic mass is 19.4. The standard InChI is InChI=1S/C19H14F3N3O2/c20-19(21,22)13-8-15(11-3-5-14(26)6-4-11)17(12-2-1-7-24-10-12)16(9-13)18(23)25-27/h1-10,26-27H,(H2,23,25). The number of pyridine rings is 1. The summed E-state index contributed by atoms with van der Waals surface area (Å²) in [7, 11) is 0. The molecule has 27 heavy (non-hydrogen) atoms. The summed E-state index contributed by atoms with van der Waals surface area (Å²) in [6, 6.07) is 10.8. The second-order valence-corrected chi connectivity index (χ2v) is 5.72. The Morgan fingerprint density at radius 2 is 1.74 bits per heavy atom. The summed E-state index contributed by atoms with van der Waals surface area (Å²) in [6.45, 7) is 0. The van der Waals surface area contributed by atoms with Crippen molar-refractivity contribution in [1.82, 2.24) is 4.98 Å². The SMILES string of the molecule is N/C(=N\O)c1cc(C(F)(F)F)cc(-c2ccc(O)cc2)c1-c1cccnc1. The fourth-order valence-corrected chi connectivity index (χ4v) is 2.75. The molecule has 0 saturated heterocycles. The van der Waals surface area contributed by atoms with Crippen molar-refractivity contribution in [2.24, 2.45) is 10.9 Å². The second kappa shape index (κ2) is 6.99. The fourth-order valence-electron chi connectivity index (χ4n) is 2.75. The van der Waals surface area contributed by atoms with Gasteiger partial charge in [-0.15, -0.1) is 0 Å². The van der Waals surface area contributed by atoms with Crippen molar-refractivity contribution < 1.29 is 23.5 Å². The van der Waals surface area contributed by atoms with Crippen molar-refractivity contribution in [2.45, 2.75) is 6.18 Å². The predicted molar refractivity (Wildman–Crippen MR) is 94.3 cm³/mol. The molecule has 3 aromatic rings. The molecule has 4 N–H and O–H groups in total. The van der Waals surface area contributed by atoms with E-state index in [1.165, 1.54) is 36.7 Å². The number of nitrogens with two attached hydrogens (primary N) is 1. The number of phenolic OH excluding ortho intramolecular Hbond substituents is 1. The first-order valence-electron chi connectivity index (χ1n) is 7.74. The van der Waals surface area contributed by atoms with Crippen molar-refractivity contribution in [3.8, 4) is 28.0 Å². The number of hydrogen-bond donors (Lipinski definition) is 3. The van der Waals surface area contributed by atoms with Crippen molar-refractivity contribution in [3.05, 3.63) is 72.1 Å². The van der Waals surface area contributed by atoms with Crippen molar-refractivity contribution >= 4 is 5.84 Å². The molecule has 0 unspecified atom stereocenters. The number of oxime groups is 1. The molecule has 0 aliphatic heterocycles. The second-order valence-electron chi connectivity index (χ2n) is 5.72. The molecule has 1 heterocycles. The topological polar surface area (TPSA) is 91.7 Å². The van der Waals surface area contributed by atoms with Gasteiger partial charge in [0, 0.05) is 29.1 Å². The minimum absolute atomic E-state index is 0.0229. The van der Waals surface area contributed by atoms with Gasteiger partial charge in [-0.2, -0.15) is 13.2 Å². The highest BCUT2D eigenvalue weighted by Crippen LogP contribution is 2.40. The molecule has 0 aliphatic carbocycles. The summed E-state index contributed by atoms with van der Waals surface area (Å²) >= 11 is 0. The molecule has 0 radical (unpaired) electrons. The van der Waals surface area contributed by atoms with Gasteiger partial charge < -0.3 is 16.0 Å². The highest BCUT2D eigenvalue weighted by molar-refractivity contribution is 6.06.